The maximum Gasteiger partial charge on any atom is 0.423 e. The quantitative estimate of drug-likeness (QED) is 0.0985. The van der Waals surface area contributed by atoms with Gasteiger partial charge < -0.3 is 47.6 Å². The van der Waals surface area contributed by atoms with Crippen molar-refractivity contribution < 1.29 is 38.1 Å². The van der Waals surface area contributed by atoms with Crippen molar-refractivity contribution in [2.45, 2.75) is 74.1 Å². The molecule has 48 heavy (non-hydrogen) atoms. The maximum atomic E-state index is 13.4. The second-order valence-corrected chi connectivity index (χ2v) is 14.0. The smallest absolute Gasteiger partial charge is 0.423 e. The summed E-state index contributed by atoms with van der Waals surface area (Å²) in [6.07, 6.45) is 3.89. The zero-order valence-corrected chi connectivity index (χ0v) is 28.9. The molecule has 6 unspecified atom stereocenters. The van der Waals surface area contributed by atoms with Crippen LogP contribution in [0, 0.1) is 41.4 Å². The van der Waals surface area contributed by atoms with E-state index in [1.54, 1.807) is 6.92 Å². The van der Waals surface area contributed by atoms with Gasteiger partial charge >= 0.3 is 23.9 Å². The number of carbonyl (C=O) groups is 4. The predicted molar refractivity (Wildman–Crippen MR) is 183 cm³/mol. The van der Waals surface area contributed by atoms with Crippen molar-refractivity contribution in [1.29, 1.82) is 0 Å². The Bertz CT molecular complexity index is 1520. The van der Waals surface area contributed by atoms with Gasteiger partial charge in [0.2, 0.25) is 0 Å². The Morgan fingerprint density at radius 3 is 1.48 bits per heavy atom. The van der Waals surface area contributed by atoms with Gasteiger partial charge in [0.15, 0.2) is 11.5 Å². The molecule has 0 aliphatic heterocycles. The number of carbonyl (C=O) groups excluding carboxylic acids is 4. The predicted octanol–water partition coefficient (Wildman–Crippen LogP) is 4.88. The topological polar surface area (TPSA) is 235 Å². The molecule has 0 saturated heterocycles. The monoisotopic (exact) mass is 667 g/mol. The summed E-state index contributed by atoms with van der Waals surface area (Å²) in [5.41, 5.74) is 29.0. The van der Waals surface area contributed by atoms with Crippen LogP contribution >= 0.6 is 0 Å². The Labute approximate surface area is 281 Å². The summed E-state index contributed by atoms with van der Waals surface area (Å²) in [5.74, 6) is -4.59. The first-order valence-corrected chi connectivity index (χ1v) is 16.3. The molecular weight excluding hydrogens is 618 g/mol. The molecule has 2 saturated carbocycles. The van der Waals surface area contributed by atoms with E-state index in [1.165, 1.54) is 12.1 Å². The summed E-state index contributed by atoms with van der Waals surface area (Å²) >= 11 is 0. The maximum absolute atomic E-state index is 13.4. The average Bonchev–Trinajstić information content (AvgIpc) is 3.04. The van der Waals surface area contributed by atoms with Crippen molar-refractivity contribution in [3.8, 4) is 11.5 Å². The molecule has 2 fully saturated rings. The second-order valence-electron chi connectivity index (χ2n) is 14.0. The van der Waals surface area contributed by atoms with Crippen LogP contribution in [0.25, 0.3) is 0 Å². The molecule has 0 radical (unpaired) electrons. The van der Waals surface area contributed by atoms with E-state index in [2.05, 4.69) is 34.6 Å². The third-order valence-electron chi connectivity index (χ3n) is 11.3. The molecule has 0 amide bonds. The summed E-state index contributed by atoms with van der Waals surface area (Å²) in [7, 11) is 0. The Hall–Kier alpha value is -4.68. The highest BCUT2D eigenvalue weighted by atomic mass is 16.6. The van der Waals surface area contributed by atoms with E-state index in [0.29, 0.717) is 29.2 Å². The van der Waals surface area contributed by atoms with Crippen LogP contribution in [0.1, 0.15) is 93.5 Å². The number of nitrogen functional groups attached to an aromatic ring is 5. The molecule has 0 heterocycles. The Morgan fingerprint density at radius 2 is 1.08 bits per heavy atom. The Kier molecular flexibility index (Phi) is 10.1. The molecule has 13 heteroatoms. The standard InChI is InChI=1S/C35H49N5O8/c1-8-19-11-17(4)34(19,6)14-45-30(41)24-26(39)16(3)10-22(37)28(24)47-32(43)33(44)48-29-23(38)13-21(36)27(40)25(29)31(42)46-15-35(7)18(5)12-20(35)9-2/h10,13,17-20H,8-9,11-12,14-15,36-40H2,1-7H3. The van der Waals surface area contributed by atoms with Crippen molar-refractivity contribution in [3.05, 3.63) is 28.8 Å². The minimum absolute atomic E-state index is 0.0374. The number of ether oxygens (including phenoxy) is 4. The van der Waals surface area contributed by atoms with Gasteiger partial charge in [-0.15, -0.1) is 0 Å². The van der Waals surface area contributed by atoms with E-state index in [1.807, 2.05) is 6.92 Å². The minimum Gasteiger partial charge on any atom is -0.461 e. The summed E-state index contributed by atoms with van der Waals surface area (Å²) in [4.78, 5) is 53.0. The van der Waals surface area contributed by atoms with Crippen LogP contribution in [0.15, 0.2) is 12.1 Å². The first-order chi connectivity index (χ1) is 22.4. The number of rotatable bonds is 10. The molecule has 262 valence electrons. The zero-order chi connectivity index (χ0) is 35.9. The summed E-state index contributed by atoms with van der Waals surface area (Å²) in [5, 5.41) is 0. The van der Waals surface area contributed by atoms with Crippen LogP contribution in [0.5, 0.6) is 11.5 Å². The van der Waals surface area contributed by atoms with E-state index in [9.17, 15) is 19.2 Å². The number of hydrogen-bond acceptors (Lipinski definition) is 13. The van der Waals surface area contributed by atoms with E-state index in [0.717, 1.165) is 25.7 Å². The van der Waals surface area contributed by atoms with Crippen LogP contribution in [0.4, 0.5) is 28.4 Å². The molecule has 2 aromatic rings. The van der Waals surface area contributed by atoms with Crippen molar-refractivity contribution >= 4 is 52.3 Å². The molecule has 0 aromatic heterocycles. The van der Waals surface area contributed by atoms with Crippen molar-refractivity contribution in [3.63, 3.8) is 0 Å². The molecular formula is C35H49N5O8. The summed E-state index contributed by atoms with van der Waals surface area (Å²) in [6, 6.07) is 2.57. The molecule has 10 N–H and O–H groups in total. The average molecular weight is 668 g/mol. The van der Waals surface area contributed by atoms with E-state index in [4.69, 9.17) is 47.6 Å². The highest BCUT2D eigenvalue weighted by molar-refractivity contribution is 6.31. The zero-order valence-electron chi connectivity index (χ0n) is 28.9. The van der Waals surface area contributed by atoms with Gasteiger partial charge in [-0.3, -0.25) is 0 Å². The van der Waals surface area contributed by atoms with Gasteiger partial charge in [-0.2, -0.15) is 0 Å². The normalized spacial score (nSPS) is 26.1. The SMILES string of the molecule is CCC1CC(C)C1(C)COC(=O)c1c(N)c(C)cc(N)c1OC(=O)C(=O)Oc1c(N)cc(N)c(N)c1C(=O)OCC1(C)C(C)CC1CC. The Morgan fingerprint density at radius 1 is 0.688 bits per heavy atom. The van der Waals surface area contributed by atoms with Crippen molar-refractivity contribution in [2.24, 2.45) is 34.5 Å². The molecule has 2 aliphatic carbocycles. The fourth-order valence-corrected chi connectivity index (χ4v) is 7.24. The number of aryl methyl sites for hydroxylation is 1. The second kappa shape index (κ2) is 13.4. The highest BCUT2D eigenvalue weighted by Crippen LogP contribution is 2.54. The van der Waals surface area contributed by atoms with Gasteiger partial charge in [-0.1, -0.05) is 54.4 Å². The number of benzene rings is 2. The number of anilines is 5. The molecule has 2 aromatic carbocycles. The van der Waals surface area contributed by atoms with Crippen LogP contribution in [-0.4, -0.2) is 37.1 Å². The summed E-state index contributed by atoms with van der Waals surface area (Å²) in [6.45, 7) is 14.3. The minimum atomic E-state index is -1.59. The van der Waals surface area contributed by atoms with E-state index < -0.39 is 40.9 Å². The molecule has 13 nitrogen and oxygen atoms in total. The molecule has 2 aliphatic rings. The van der Waals surface area contributed by atoms with Gasteiger partial charge in [0.25, 0.3) is 0 Å². The molecule has 0 bridgehead atoms. The van der Waals surface area contributed by atoms with Gasteiger partial charge in [0.1, 0.15) is 11.1 Å². The first-order valence-electron chi connectivity index (χ1n) is 16.3. The summed E-state index contributed by atoms with van der Waals surface area (Å²) < 4.78 is 21.9. The van der Waals surface area contributed by atoms with Crippen LogP contribution in [0.3, 0.4) is 0 Å². The van der Waals surface area contributed by atoms with Crippen molar-refractivity contribution in [1.82, 2.24) is 0 Å². The lowest BCUT2D eigenvalue weighted by atomic mass is 9.54. The lowest BCUT2D eigenvalue weighted by Gasteiger charge is -2.52. The van der Waals surface area contributed by atoms with Crippen LogP contribution in [0.2, 0.25) is 0 Å². The fraction of sp³-hybridized carbons (Fsp3) is 0.543. The third-order valence-corrected chi connectivity index (χ3v) is 11.3. The largest absolute Gasteiger partial charge is 0.461 e. The van der Waals surface area contributed by atoms with E-state index >= 15 is 0 Å². The fourth-order valence-electron chi connectivity index (χ4n) is 7.24. The van der Waals surface area contributed by atoms with Crippen molar-refractivity contribution in [2.75, 3.05) is 41.9 Å². The van der Waals surface area contributed by atoms with Gasteiger partial charge in [0.05, 0.1) is 41.7 Å². The van der Waals surface area contributed by atoms with Crippen LogP contribution in [-0.2, 0) is 19.1 Å². The lowest BCUT2D eigenvalue weighted by Crippen LogP contribution is -2.49. The first kappa shape index (κ1) is 36.2. The number of esters is 4. The number of nitrogens with two attached hydrogens (primary N) is 5. The third kappa shape index (κ3) is 6.29. The van der Waals surface area contributed by atoms with Gasteiger partial charge in [-0.25, -0.2) is 19.2 Å². The molecule has 4 rings (SSSR count). The van der Waals surface area contributed by atoms with Gasteiger partial charge in [-0.05, 0) is 61.1 Å². The Balaban J connectivity index is 1.56. The molecule has 0 spiro atoms. The molecule has 6 atom stereocenters. The number of hydrogen-bond donors (Lipinski definition) is 5. The highest BCUT2D eigenvalue weighted by Gasteiger charge is 2.50. The lowest BCUT2D eigenvalue weighted by molar-refractivity contribution is -0.156. The van der Waals surface area contributed by atoms with Crippen LogP contribution < -0.4 is 38.1 Å². The van der Waals surface area contributed by atoms with Gasteiger partial charge in [0, 0.05) is 10.8 Å². The van der Waals surface area contributed by atoms with E-state index in [-0.39, 0.29) is 58.0 Å².